The van der Waals surface area contributed by atoms with Crippen LogP contribution in [0.25, 0.3) is 0 Å². The van der Waals surface area contributed by atoms with E-state index in [2.05, 4.69) is 15.0 Å². The van der Waals surface area contributed by atoms with Crippen molar-refractivity contribution in [1.29, 1.82) is 0 Å². The van der Waals surface area contributed by atoms with Crippen LogP contribution in [-0.4, -0.2) is 19.9 Å². The highest BCUT2D eigenvalue weighted by Crippen LogP contribution is 2.20. The third-order valence-corrected chi connectivity index (χ3v) is 6.11. The summed E-state index contributed by atoms with van der Waals surface area (Å²) in [5.41, 5.74) is 1.51. The van der Waals surface area contributed by atoms with E-state index in [9.17, 15) is 13.2 Å². The van der Waals surface area contributed by atoms with Crippen LogP contribution in [0.1, 0.15) is 18.2 Å². The number of thiophene rings is 1. The molecule has 0 aliphatic rings. The van der Waals surface area contributed by atoms with Crippen molar-refractivity contribution < 1.29 is 8.42 Å². The molecule has 110 valence electrons. The Kier molecular flexibility index (Phi) is 5.11. The first-order valence-corrected chi connectivity index (χ1v) is 9.20. The smallest absolute Gasteiger partial charge is 0.304 e. The van der Waals surface area contributed by atoms with Crippen LogP contribution in [0.15, 0.2) is 25.8 Å². The normalized spacial score (nSPS) is 11.8. The van der Waals surface area contributed by atoms with Gasteiger partial charge in [-0.15, -0.1) is 11.3 Å². The molecule has 2 aromatic rings. The summed E-state index contributed by atoms with van der Waals surface area (Å²) in [7, 11) is -3.53. The molecule has 0 aromatic carbocycles. The summed E-state index contributed by atoms with van der Waals surface area (Å²) in [6.07, 6.45) is 0. The van der Waals surface area contributed by atoms with E-state index in [-0.39, 0.29) is 15.6 Å². The first kappa shape index (κ1) is 15.4. The van der Waals surface area contributed by atoms with Gasteiger partial charge in [0.1, 0.15) is 4.21 Å². The quantitative estimate of drug-likeness (QED) is 0.707. The number of rotatable bonds is 7. The van der Waals surface area contributed by atoms with Gasteiger partial charge in [0.25, 0.3) is 0 Å². The molecule has 2 rings (SSSR count). The summed E-state index contributed by atoms with van der Waals surface area (Å²) in [4.78, 5) is 13.3. The Morgan fingerprint density at radius 1 is 1.25 bits per heavy atom. The number of nitrogens with one attached hydrogen (secondary N) is 3. The van der Waals surface area contributed by atoms with Gasteiger partial charge < -0.3 is 10.3 Å². The van der Waals surface area contributed by atoms with Gasteiger partial charge in [0.15, 0.2) is 0 Å². The number of H-pyrrole nitrogens is 1. The van der Waals surface area contributed by atoms with Gasteiger partial charge >= 0.3 is 4.87 Å². The zero-order valence-electron chi connectivity index (χ0n) is 10.8. The van der Waals surface area contributed by atoms with E-state index < -0.39 is 10.0 Å². The summed E-state index contributed by atoms with van der Waals surface area (Å²) < 4.78 is 26.9. The highest BCUT2D eigenvalue weighted by Gasteiger charge is 2.16. The molecule has 0 saturated carbocycles. The number of aromatic nitrogens is 1. The Balaban J connectivity index is 2.02. The second kappa shape index (κ2) is 6.64. The second-order valence-electron chi connectivity index (χ2n) is 4.05. The van der Waals surface area contributed by atoms with Gasteiger partial charge in [-0.05, 0) is 23.6 Å². The van der Waals surface area contributed by atoms with Gasteiger partial charge in [0.05, 0.1) is 6.54 Å². The van der Waals surface area contributed by atoms with Gasteiger partial charge in [-0.1, -0.05) is 18.3 Å². The fourth-order valence-corrected chi connectivity index (χ4v) is 4.34. The van der Waals surface area contributed by atoms with E-state index in [4.69, 9.17) is 0 Å². The molecule has 2 aromatic heterocycles. The molecule has 2 heterocycles. The van der Waals surface area contributed by atoms with Crippen LogP contribution in [0.3, 0.4) is 0 Å². The summed E-state index contributed by atoms with van der Waals surface area (Å²) in [6, 6.07) is 1.66. The highest BCUT2D eigenvalue weighted by atomic mass is 32.2. The molecule has 0 amide bonds. The first-order valence-electron chi connectivity index (χ1n) is 5.95. The molecular formula is C11H15N3O3S3. The summed E-state index contributed by atoms with van der Waals surface area (Å²) >= 11 is 2.20. The van der Waals surface area contributed by atoms with Gasteiger partial charge in [0, 0.05) is 17.6 Å². The van der Waals surface area contributed by atoms with Gasteiger partial charge in [0.2, 0.25) is 10.0 Å². The number of thiazole rings is 1. The predicted molar refractivity (Wildman–Crippen MR) is 80.7 cm³/mol. The maximum atomic E-state index is 12.1. The van der Waals surface area contributed by atoms with Crippen molar-refractivity contribution in [2.75, 3.05) is 6.54 Å². The largest absolute Gasteiger partial charge is 0.315 e. The molecular weight excluding hydrogens is 318 g/mol. The van der Waals surface area contributed by atoms with E-state index in [0.717, 1.165) is 23.4 Å². The van der Waals surface area contributed by atoms with Crippen LogP contribution in [0, 0.1) is 0 Å². The molecule has 9 heteroatoms. The Morgan fingerprint density at radius 3 is 2.70 bits per heavy atom. The Morgan fingerprint density at radius 2 is 2.05 bits per heavy atom. The number of sulfonamides is 1. The lowest BCUT2D eigenvalue weighted by Crippen LogP contribution is -2.23. The van der Waals surface area contributed by atoms with Crippen molar-refractivity contribution in [3.8, 4) is 0 Å². The average molecular weight is 333 g/mol. The Bertz CT molecular complexity index is 714. The van der Waals surface area contributed by atoms with Crippen molar-refractivity contribution in [2.24, 2.45) is 0 Å². The topological polar surface area (TPSA) is 91.1 Å². The van der Waals surface area contributed by atoms with Crippen molar-refractivity contribution >= 4 is 32.7 Å². The molecule has 0 unspecified atom stereocenters. The molecule has 0 saturated heterocycles. The minimum atomic E-state index is -3.53. The van der Waals surface area contributed by atoms with Crippen LogP contribution in [0.4, 0.5) is 0 Å². The van der Waals surface area contributed by atoms with Gasteiger partial charge in [-0.25, -0.2) is 13.1 Å². The van der Waals surface area contributed by atoms with Gasteiger partial charge in [-0.3, -0.25) is 4.79 Å². The number of hydrogen-bond acceptors (Lipinski definition) is 6. The van der Waals surface area contributed by atoms with Crippen molar-refractivity contribution in [2.45, 2.75) is 24.2 Å². The summed E-state index contributed by atoms with van der Waals surface area (Å²) in [6.45, 7) is 3.57. The molecule has 0 atom stereocenters. The second-order valence-corrected chi connectivity index (χ2v) is 7.80. The van der Waals surface area contributed by atoms with Crippen LogP contribution >= 0.6 is 22.7 Å². The maximum Gasteiger partial charge on any atom is 0.304 e. The minimum absolute atomic E-state index is 0.0848. The van der Waals surface area contributed by atoms with Gasteiger partial charge in [-0.2, -0.15) is 0 Å². The zero-order chi connectivity index (χ0) is 14.6. The van der Waals surface area contributed by atoms with Crippen LogP contribution in [-0.2, 0) is 23.1 Å². The lowest BCUT2D eigenvalue weighted by atomic mass is 10.3. The van der Waals surface area contributed by atoms with Crippen LogP contribution in [0.5, 0.6) is 0 Å². The molecule has 0 aliphatic heterocycles. The number of hydrogen-bond donors (Lipinski definition) is 3. The molecule has 0 aliphatic carbocycles. The molecule has 0 spiro atoms. The van der Waals surface area contributed by atoms with E-state index >= 15 is 0 Å². The van der Waals surface area contributed by atoms with E-state index in [0.29, 0.717) is 12.2 Å². The lowest BCUT2D eigenvalue weighted by molar-refractivity contribution is 0.582. The summed E-state index contributed by atoms with van der Waals surface area (Å²) in [5.74, 6) is 0. The molecule has 6 nitrogen and oxygen atoms in total. The maximum absolute atomic E-state index is 12.1. The molecule has 20 heavy (non-hydrogen) atoms. The van der Waals surface area contributed by atoms with E-state index in [1.165, 1.54) is 11.3 Å². The zero-order valence-corrected chi connectivity index (χ0v) is 13.3. The number of aromatic amines is 1. The highest BCUT2D eigenvalue weighted by molar-refractivity contribution is 7.91. The van der Waals surface area contributed by atoms with Crippen molar-refractivity contribution in [3.63, 3.8) is 0 Å². The SMILES string of the molecule is CCNCc1csc(S(=O)(=O)NCc2csc(=O)[nH]2)c1. The minimum Gasteiger partial charge on any atom is -0.315 e. The lowest BCUT2D eigenvalue weighted by Gasteiger charge is -2.02. The Labute approximate surface area is 124 Å². The molecule has 0 radical (unpaired) electrons. The third-order valence-electron chi connectivity index (χ3n) is 2.50. The van der Waals surface area contributed by atoms with Crippen LogP contribution < -0.4 is 14.9 Å². The standard InChI is InChI=1S/C11H15N3O3S3/c1-2-12-4-8-3-10(18-6-8)20(16,17)13-5-9-7-19-11(15)14-9/h3,6-7,12-13H,2,4-5H2,1H3,(H,14,15). The Hall–Kier alpha value is -1.00. The average Bonchev–Trinajstić information content (AvgIpc) is 3.03. The molecule has 0 bridgehead atoms. The fourth-order valence-electron chi connectivity index (χ4n) is 1.50. The predicted octanol–water partition coefficient (Wildman–Crippen LogP) is 1.09. The third kappa shape index (κ3) is 4.00. The first-order chi connectivity index (χ1) is 9.51. The molecule has 3 N–H and O–H groups in total. The van der Waals surface area contributed by atoms with E-state index in [1.807, 2.05) is 12.3 Å². The van der Waals surface area contributed by atoms with Crippen LogP contribution in [0.2, 0.25) is 0 Å². The fraction of sp³-hybridized carbons (Fsp3) is 0.364. The van der Waals surface area contributed by atoms with Crippen molar-refractivity contribution in [3.05, 3.63) is 37.8 Å². The van der Waals surface area contributed by atoms with E-state index in [1.54, 1.807) is 11.4 Å². The monoisotopic (exact) mass is 333 g/mol. The molecule has 0 fully saturated rings. The summed E-state index contributed by atoms with van der Waals surface area (Å²) in [5, 5.41) is 6.57. The van der Waals surface area contributed by atoms with Crippen molar-refractivity contribution in [1.82, 2.24) is 15.0 Å².